The Balaban J connectivity index is 2.37. The highest BCUT2D eigenvalue weighted by Gasteiger charge is 2.14. The van der Waals surface area contributed by atoms with E-state index >= 15 is 0 Å². The molecule has 0 N–H and O–H groups in total. The van der Waals surface area contributed by atoms with Crippen molar-refractivity contribution in [3.05, 3.63) is 24.3 Å². The van der Waals surface area contributed by atoms with Gasteiger partial charge in [0.05, 0.1) is 0 Å². The number of hydrogen-bond acceptors (Lipinski definition) is 2. The third kappa shape index (κ3) is 2.93. The third-order valence-electron chi connectivity index (χ3n) is 1.17. The minimum absolute atomic E-state index is 0.158. The molecule has 4 heteroatoms. The Bertz CT molecular complexity index is 188. The molecule has 0 aromatic carbocycles. The Morgan fingerprint density at radius 3 is 2.90 bits per heavy atom. The van der Waals surface area contributed by atoms with E-state index in [4.69, 9.17) is 16.3 Å². The summed E-state index contributed by atoms with van der Waals surface area (Å²) in [5.41, 5.74) is 0. The lowest BCUT2D eigenvalue weighted by Crippen LogP contribution is -2.04. The maximum Gasteiger partial charge on any atom is 0.411 e. The summed E-state index contributed by atoms with van der Waals surface area (Å²) in [6.45, 7) is 0. The molecule has 0 amide bonds. The van der Waals surface area contributed by atoms with Gasteiger partial charge in [-0.1, -0.05) is 24.3 Å². The van der Waals surface area contributed by atoms with Crippen LogP contribution in [0.4, 0.5) is 0 Å². The molecule has 2 atom stereocenters. The van der Waals surface area contributed by atoms with Crippen LogP contribution < -0.4 is 0 Å². The molecule has 2 unspecified atom stereocenters. The van der Waals surface area contributed by atoms with Crippen LogP contribution in [0.25, 0.3) is 0 Å². The lowest BCUT2D eigenvalue weighted by atomic mass is 10.1. The van der Waals surface area contributed by atoms with Crippen LogP contribution in [-0.4, -0.2) is 6.10 Å². The van der Waals surface area contributed by atoms with Crippen molar-refractivity contribution >= 4 is 30.2 Å². The highest BCUT2D eigenvalue weighted by atomic mass is 32.9. The van der Waals surface area contributed by atoms with E-state index in [1.165, 1.54) is 0 Å². The van der Waals surface area contributed by atoms with E-state index in [2.05, 4.69) is 18.3 Å². The number of thiol groups is 1. The molecule has 0 saturated heterocycles. The molecule has 0 fully saturated rings. The second-order valence-corrected chi connectivity index (χ2v) is 5.51. The smallest absolute Gasteiger partial charge is 0.151 e. The molecule has 1 rings (SSSR count). The molecule has 1 aliphatic carbocycles. The van der Waals surface area contributed by atoms with Crippen LogP contribution in [0, 0.1) is 0 Å². The van der Waals surface area contributed by atoms with E-state index in [1.807, 2.05) is 18.2 Å². The van der Waals surface area contributed by atoms with Crippen LogP contribution in [0.15, 0.2) is 24.3 Å². The first-order valence-corrected chi connectivity index (χ1v) is 6.38. The van der Waals surface area contributed by atoms with Gasteiger partial charge in [0.2, 0.25) is 11.8 Å². The topological polar surface area (TPSA) is 9.23 Å². The van der Waals surface area contributed by atoms with Crippen LogP contribution in [0.1, 0.15) is 6.42 Å². The van der Waals surface area contributed by atoms with Crippen LogP contribution in [0.5, 0.6) is 0 Å². The predicted octanol–water partition coefficient (Wildman–Crippen LogP) is 2.59. The highest BCUT2D eigenvalue weighted by Crippen LogP contribution is 2.31. The van der Waals surface area contributed by atoms with Crippen molar-refractivity contribution in [2.24, 2.45) is 0 Å². The van der Waals surface area contributed by atoms with Gasteiger partial charge in [-0.05, 0) is 0 Å². The molecule has 0 aromatic rings. The van der Waals surface area contributed by atoms with Crippen molar-refractivity contribution in [1.29, 1.82) is 0 Å². The summed E-state index contributed by atoms with van der Waals surface area (Å²) in [7, 11) is 0. The standard InChI is InChI=1S/C6H7OPS2/c9-8(10)7-6-4-2-1-3-5-6/h1-4,6H,5H2/p+1. The second-order valence-electron chi connectivity index (χ2n) is 1.93. The van der Waals surface area contributed by atoms with Gasteiger partial charge in [-0.2, -0.15) is 4.52 Å². The van der Waals surface area contributed by atoms with E-state index in [0.29, 0.717) is 0 Å². The Kier molecular flexibility index (Phi) is 3.57. The summed E-state index contributed by atoms with van der Waals surface area (Å²) < 4.78 is 5.30. The summed E-state index contributed by atoms with van der Waals surface area (Å²) in [5, 5.41) is 0. The molecule has 1 nitrogen and oxygen atoms in total. The maximum absolute atomic E-state index is 5.30. The summed E-state index contributed by atoms with van der Waals surface area (Å²) in [4.78, 5) is 0. The second kappa shape index (κ2) is 4.24. The zero-order valence-electron chi connectivity index (χ0n) is 5.30. The van der Waals surface area contributed by atoms with Crippen molar-refractivity contribution in [3.8, 4) is 0 Å². The first kappa shape index (κ1) is 8.41. The van der Waals surface area contributed by atoms with E-state index < -0.39 is 6.13 Å². The van der Waals surface area contributed by atoms with Crippen molar-refractivity contribution in [3.63, 3.8) is 0 Å². The van der Waals surface area contributed by atoms with Gasteiger partial charge in [0, 0.05) is 6.42 Å². The van der Waals surface area contributed by atoms with Crippen LogP contribution in [0.3, 0.4) is 0 Å². The van der Waals surface area contributed by atoms with Crippen molar-refractivity contribution < 1.29 is 4.52 Å². The fraction of sp³-hybridized carbons (Fsp3) is 0.333. The molecule has 0 heterocycles. The normalized spacial score (nSPS) is 24.9. The van der Waals surface area contributed by atoms with Crippen LogP contribution in [-0.2, 0) is 16.3 Å². The van der Waals surface area contributed by atoms with E-state index in [1.54, 1.807) is 0 Å². The lowest BCUT2D eigenvalue weighted by Gasteiger charge is -2.04. The first-order chi connectivity index (χ1) is 4.79. The monoisotopic (exact) mass is 191 g/mol. The Morgan fingerprint density at radius 1 is 1.60 bits per heavy atom. The number of allylic oxidation sites excluding steroid dienone is 2. The quantitative estimate of drug-likeness (QED) is 0.530. The van der Waals surface area contributed by atoms with Crippen molar-refractivity contribution in [2.75, 3.05) is 0 Å². The largest absolute Gasteiger partial charge is 0.411 e. The highest BCUT2D eigenvalue weighted by molar-refractivity contribution is 8.54. The molecule has 54 valence electrons. The van der Waals surface area contributed by atoms with Gasteiger partial charge in [-0.15, -0.1) is 0 Å². The van der Waals surface area contributed by atoms with Gasteiger partial charge in [-0.25, -0.2) is 0 Å². The minimum Gasteiger partial charge on any atom is -0.151 e. The van der Waals surface area contributed by atoms with Crippen LogP contribution >= 0.6 is 18.4 Å². The molecule has 0 saturated carbocycles. The van der Waals surface area contributed by atoms with E-state index in [9.17, 15) is 0 Å². The minimum atomic E-state index is -0.931. The predicted molar refractivity (Wildman–Crippen MR) is 51.0 cm³/mol. The van der Waals surface area contributed by atoms with Gasteiger partial charge in [0.15, 0.2) is 0 Å². The Labute approximate surface area is 71.8 Å². The number of hydrogen-bond donors (Lipinski definition) is 1. The van der Waals surface area contributed by atoms with Crippen molar-refractivity contribution in [2.45, 2.75) is 12.5 Å². The molecule has 0 spiro atoms. The van der Waals surface area contributed by atoms with Gasteiger partial charge in [0.1, 0.15) is 18.4 Å². The average Bonchev–Trinajstić information content (AvgIpc) is 1.88. The van der Waals surface area contributed by atoms with Crippen molar-refractivity contribution in [1.82, 2.24) is 0 Å². The van der Waals surface area contributed by atoms with Gasteiger partial charge < -0.3 is 0 Å². The van der Waals surface area contributed by atoms with Gasteiger partial charge in [-0.3, -0.25) is 0 Å². The first-order valence-electron chi connectivity index (χ1n) is 2.95. The third-order valence-corrected chi connectivity index (χ3v) is 2.16. The molecular formula is C6H8OPS2+. The maximum atomic E-state index is 5.30. The van der Waals surface area contributed by atoms with Crippen LogP contribution in [0.2, 0.25) is 0 Å². The fourth-order valence-electron chi connectivity index (χ4n) is 0.752. The number of rotatable bonds is 2. The SMILES string of the molecule is S=[P+](S)OC1C=CC=CC1. The summed E-state index contributed by atoms with van der Waals surface area (Å²) in [6, 6.07) is 0. The zero-order chi connectivity index (χ0) is 7.40. The molecule has 0 aliphatic heterocycles. The van der Waals surface area contributed by atoms with Gasteiger partial charge in [0.25, 0.3) is 0 Å². The van der Waals surface area contributed by atoms with E-state index in [-0.39, 0.29) is 6.10 Å². The fourth-order valence-corrected chi connectivity index (χ4v) is 1.83. The molecule has 10 heavy (non-hydrogen) atoms. The Hall–Kier alpha value is 0.310. The average molecular weight is 191 g/mol. The Morgan fingerprint density at radius 2 is 2.40 bits per heavy atom. The molecular weight excluding hydrogens is 183 g/mol. The molecule has 0 radical (unpaired) electrons. The lowest BCUT2D eigenvalue weighted by molar-refractivity contribution is 0.294. The molecule has 0 aromatic heterocycles. The zero-order valence-corrected chi connectivity index (χ0v) is 7.91. The molecule has 1 aliphatic rings. The summed E-state index contributed by atoms with van der Waals surface area (Å²) >= 11 is 8.82. The summed E-state index contributed by atoms with van der Waals surface area (Å²) in [5.74, 6) is 0. The summed E-state index contributed by atoms with van der Waals surface area (Å²) in [6.07, 6.45) is 8.18. The van der Waals surface area contributed by atoms with Gasteiger partial charge >= 0.3 is 6.13 Å². The van der Waals surface area contributed by atoms with E-state index in [0.717, 1.165) is 6.42 Å². The molecule has 0 bridgehead atoms.